The van der Waals surface area contributed by atoms with Crippen molar-refractivity contribution in [2.45, 2.75) is 58.0 Å². The Morgan fingerprint density at radius 3 is 2.79 bits per heavy atom. The predicted octanol–water partition coefficient (Wildman–Crippen LogP) is 5.21. The maximum Gasteiger partial charge on any atom is 0.335 e. The number of carbonyl (C=O) groups is 1. The minimum Gasteiger partial charge on any atom is -0.479 e. The number of aryl methyl sites for hydroxylation is 1. The Morgan fingerprint density at radius 1 is 1.36 bits per heavy atom. The molecule has 2 atom stereocenters. The molecule has 1 saturated heterocycles. The molecule has 7 nitrogen and oxygen atoms in total. The third kappa shape index (κ3) is 3.40. The van der Waals surface area contributed by atoms with Gasteiger partial charge in [-0.3, -0.25) is 5.10 Å². The zero-order valence-electron chi connectivity index (χ0n) is 19.1. The van der Waals surface area contributed by atoms with Crippen LogP contribution >= 0.6 is 0 Å². The number of carboxylic acids is 1. The Morgan fingerprint density at radius 2 is 2.15 bits per heavy atom. The lowest BCUT2D eigenvalue weighted by Crippen LogP contribution is -2.43. The molecule has 2 N–H and O–H groups in total. The van der Waals surface area contributed by atoms with Crippen LogP contribution in [0.15, 0.2) is 30.5 Å². The number of nitrogens with zero attached hydrogens (tertiary/aromatic N) is 3. The second-order valence-corrected chi connectivity index (χ2v) is 9.47. The lowest BCUT2D eigenvalue weighted by atomic mass is 9.84. The summed E-state index contributed by atoms with van der Waals surface area (Å²) in [5.41, 5.74) is 4.85. The number of H-pyrrole nitrogens is 1. The lowest BCUT2D eigenvalue weighted by Gasteiger charge is -2.35. The van der Waals surface area contributed by atoms with E-state index in [9.17, 15) is 14.3 Å². The average molecular weight is 451 g/mol. The second kappa shape index (κ2) is 7.66. The highest BCUT2D eigenvalue weighted by molar-refractivity contribution is 5.93. The molecule has 0 bridgehead atoms. The summed E-state index contributed by atoms with van der Waals surface area (Å²) in [6.07, 6.45) is 2.83. The summed E-state index contributed by atoms with van der Waals surface area (Å²) in [7, 11) is 0. The molecule has 1 aliphatic rings. The van der Waals surface area contributed by atoms with Gasteiger partial charge in [0.1, 0.15) is 5.82 Å². The minimum absolute atomic E-state index is 0.00649. The summed E-state index contributed by atoms with van der Waals surface area (Å²) in [5.74, 6) is -1.05. The number of fused-ring (bicyclic) bond motifs is 2. The molecule has 0 saturated carbocycles. The van der Waals surface area contributed by atoms with Crippen LogP contribution in [0.4, 0.5) is 4.39 Å². The quantitative estimate of drug-likeness (QED) is 0.445. The monoisotopic (exact) mass is 450 g/mol. The van der Waals surface area contributed by atoms with Crippen molar-refractivity contribution in [3.63, 3.8) is 0 Å². The van der Waals surface area contributed by atoms with Crippen LogP contribution in [-0.4, -0.2) is 43.0 Å². The largest absolute Gasteiger partial charge is 0.479 e. The topological polar surface area (TPSA) is 93.0 Å². The number of hydrogen-bond donors (Lipinski definition) is 2. The van der Waals surface area contributed by atoms with Crippen molar-refractivity contribution in [2.24, 2.45) is 0 Å². The van der Waals surface area contributed by atoms with Crippen LogP contribution in [0, 0.1) is 12.7 Å². The SMILES string of the molecule is Cc1cc(-n2c(C(C)C)c([C@H]3CC[C@](C)(C(=O)O)OC3)c3nc4[nH]ncc4cc32)ccc1F. The van der Waals surface area contributed by atoms with Gasteiger partial charge in [0.15, 0.2) is 11.2 Å². The number of pyridine rings is 1. The van der Waals surface area contributed by atoms with Gasteiger partial charge in [0, 0.05) is 28.2 Å². The fourth-order valence-corrected chi connectivity index (χ4v) is 4.91. The van der Waals surface area contributed by atoms with Crippen molar-refractivity contribution in [1.82, 2.24) is 19.7 Å². The number of ether oxygens (including phenoxy) is 1. The van der Waals surface area contributed by atoms with Crippen molar-refractivity contribution < 1.29 is 19.0 Å². The number of aliphatic carboxylic acids is 1. The number of nitrogens with one attached hydrogen (secondary N) is 1. The molecule has 3 aromatic heterocycles. The minimum atomic E-state index is -1.18. The summed E-state index contributed by atoms with van der Waals surface area (Å²) in [6, 6.07) is 7.19. The highest BCUT2D eigenvalue weighted by atomic mass is 19.1. The Balaban J connectivity index is 1.77. The molecule has 1 fully saturated rings. The van der Waals surface area contributed by atoms with Crippen molar-refractivity contribution >= 4 is 28.0 Å². The first kappa shape index (κ1) is 21.6. The molecular weight excluding hydrogens is 423 g/mol. The summed E-state index contributed by atoms with van der Waals surface area (Å²) in [4.78, 5) is 16.6. The molecule has 33 heavy (non-hydrogen) atoms. The number of benzene rings is 1. The molecule has 4 heterocycles. The Hall–Kier alpha value is -3.26. The first-order valence-corrected chi connectivity index (χ1v) is 11.2. The molecule has 0 spiro atoms. The van der Waals surface area contributed by atoms with Gasteiger partial charge >= 0.3 is 5.97 Å². The molecule has 0 unspecified atom stereocenters. The average Bonchev–Trinajstić information content (AvgIpc) is 3.36. The molecule has 0 radical (unpaired) electrons. The maximum atomic E-state index is 14.1. The van der Waals surface area contributed by atoms with E-state index in [2.05, 4.69) is 34.7 Å². The Bertz CT molecular complexity index is 1380. The van der Waals surface area contributed by atoms with Gasteiger partial charge in [0.2, 0.25) is 0 Å². The fourth-order valence-electron chi connectivity index (χ4n) is 4.91. The highest BCUT2D eigenvalue weighted by Gasteiger charge is 2.41. The van der Waals surface area contributed by atoms with Crippen LogP contribution in [0.1, 0.15) is 62.3 Å². The van der Waals surface area contributed by atoms with E-state index in [1.807, 2.05) is 6.07 Å². The smallest absolute Gasteiger partial charge is 0.335 e. The molecule has 8 heteroatoms. The van der Waals surface area contributed by atoms with Gasteiger partial charge in [0.05, 0.1) is 23.8 Å². The van der Waals surface area contributed by atoms with Crippen molar-refractivity contribution in [3.8, 4) is 5.69 Å². The van der Waals surface area contributed by atoms with Crippen molar-refractivity contribution in [2.75, 3.05) is 6.61 Å². The van der Waals surface area contributed by atoms with E-state index in [1.165, 1.54) is 6.07 Å². The van der Waals surface area contributed by atoms with E-state index in [0.29, 0.717) is 30.7 Å². The van der Waals surface area contributed by atoms with Crippen LogP contribution in [-0.2, 0) is 9.53 Å². The van der Waals surface area contributed by atoms with Crippen molar-refractivity contribution in [3.05, 3.63) is 53.1 Å². The van der Waals surface area contributed by atoms with Crippen LogP contribution < -0.4 is 0 Å². The van der Waals surface area contributed by atoms with Gasteiger partial charge in [-0.15, -0.1) is 0 Å². The zero-order valence-corrected chi connectivity index (χ0v) is 19.1. The van der Waals surface area contributed by atoms with E-state index in [4.69, 9.17) is 9.72 Å². The van der Waals surface area contributed by atoms with Gasteiger partial charge in [-0.05, 0) is 62.4 Å². The molecule has 0 aliphatic carbocycles. The van der Waals surface area contributed by atoms with Gasteiger partial charge in [0.25, 0.3) is 0 Å². The molecule has 5 rings (SSSR count). The molecule has 1 aromatic carbocycles. The van der Waals surface area contributed by atoms with Gasteiger partial charge < -0.3 is 14.4 Å². The fraction of sp³-hybridized carbons (Fsp3) is 0.400. The van der Waals surface area contributed by atoms with Crippen LogP contribution in [0.3, 0.4) is 0 Å². The molecule has 4 aromatic rings. The summed E-state index contributed by atoms with van der Waals surface area (Å²) < 4.78 is 22.1. The van der Waals surface area contributed by atoms with E-state index in [-0.39, 0.29) is 17.7 Å². The van der Waals surface area contributed by atoms with E-state index >= 15 is 0 Å². The molecule has 1 aliphatic heterocycles. The van der Waals surface area contributed by atoms with Crippen LogP contribution in [0.5, 0.6) is 0 Å². The Kier molecular flexibility index (Phi) is 5.01. The van der Waals surface area contributed by atoms with Crippen LogP contribution in [0.2, 0.25) is 0 Å². The third-order valence-electron chi connectivity index (χ3n) is 6.80. The molecule has 172 valence electrons. The summed E-state index contributed by atoms with van der Waals surface area (Å²) in [5, 5.41) is 17.6. The predicted molar refractivity (Wildman–Crippen MR) is 123 cm³/mol. The zero-order chi connectivity index (χ0) is 23.5. The number of hydrogen-bond acceptors (Lipinski definition) is 4. The summed E-state index contributed by atoms with van der Waals surface area (Å²) in [6.45, 7) is 7.94. The van der Waals surface area contributed by atoms with Gasteiger partial charge in [-0.25, -0.2) is 14.2 Å². The summed E-state index contributed by atoms with van der Waals surface area (Å²) >= 11 is 0. The van der Waals surface area contributed by atoms with Crippen LogP contribution in [0.25, 0.3) is 27.8 Å². The van der Waals surface area contributed by atoms with E-state index < -0.39 is 11.6 Å². The van der Waals surface area contributed by atoms with E-state index in [0.717, 1.165) is 33.4 Å². The van der Waals surface area contributed by atoms with Gasteiger partial charge in [-0.2, -0.15) is 5.10 Å². The standard InChI is InChI=1S/C25H27FN4O3/c1-13(2)22-20(15-7-8-25(4,24(31)32)33-12-15)21-19(10-16-11-27-29-23(16)28-21)30(22)17-5-6-18(26)14(3)9-17/h5-6,9-11,13,15H,7-8,12H2,1-4H3,(H,31,32)(H,27,28,29)/t15-,25+/m0/s1. The number of aromatic amines is 1. The second-order valence-electron chi connectivity index (χ2n) is 9.47. The first-order valence-electron chi connectivity index (χ1n) is 11.2. The number of carboxylic acid groups (broad SMARTS) is 1. The van der Waals surface area contributed by atoms with Gasteiger partial charge in [-0.1, -0.05) is 13.8 Å². The number of halogens is 1. The van der Waals surface area contributed by atoms with Crippen molar-refractivity contribution in [1.29, 1.82) is 0 Å². The Labute approximate surface area is 190 Å². The third-order valence-corrected chi connectivity index (χ3v) is 6.80. The lowest BCUT2D eigenvalue weighted by molar-refractivity contribution is -0.170. The first-order chi connectivity index (χ1) is 15.7. The van der Waals surface area contributed by atoms with E-state index in [1.54, 1.807) is 26.1 Å². The number of rotatable bonds is 4. The highest BCUT2D eigenvalue weighted by Crippen LogP contribution is 2.43. The molecular formula is C25H27FN4O3. The maximum absolute atomic E-state index is 14.1. The number of aromatic nitrogens is 4. The normalized spacial score (nSPS) is 21.3. The molecule has 0 amide bonds.